The molecule has 0 radical (unpaired) electrons. The zero-order valence-corrected chi connectivity index (χ0v) is 11.7. The Hall–Kier alpha value is -1.93. The Morgan fingerprint density at radius 2 is 2.05 bits per heavy atom. The second-order valence-electron chi connectivity index (χ2n) is 5.29. The molecule has 0 unspecified atom stereocenters. The molecule has 0 atom stereocenters. The molecule has 1 fully saturated rings. The van der Waals surface area contributed by atoms with Crippen molar-refractivity contribution in [2.75, 3.05) is 39.4 Å². The zero-order chi connectivity index (χ0) is 14.8. The fourth-order valence-electron chi connectivity index (χ4n) is 2.74. The van der Waals surface area contributed by atoms with Gasteiger partial charge < -0.3 is 14.7 Å². The number of carboxylic acids is 1. The lowest BCUT2D eigenvalue weighted by Gasteiger charge is -2.31. The first-order valence-corrected chi connectivity index (χ1v) is 7.02. The summed E-state index contributed by atoms with van der Waals surface area (Å²) in [5.41, 5.74) is 1.47. The largest absolute Gasteiger partial charge is 0.476 e. The van der Waals surface area contributed by atoms with Gasteiger partial charge in [0.2, 0.25) is 5.91 Å². The van der Waals surface area contributed by atoms with Crippen LogP contribution >= 0.6 is 0 Å². The van der Waals surface area contributed by atoms with Gasteiger partial charge in [-0.15, -0.1) is 0 Å². The van der Waals surface area contributed by atoms with Gasteiger partial charge in [0.1, 0.15) is 0 Å². The number of aromatic carboxylic acids is 1. The number of carboxylic acid groups (broad SMARTS) is 1. The van der Waals surface area contributed by atoms with Crippen LogP contribution in [0.3, 0.4) is 0 Å². The highest BCUT2D eigenvalue weighted by Crippen LogP contribution is 2.20. The average molecular weight is 294 g/mol. The summed E-state index contributed by atoms with van der Waals surface area (Å²) in [5, 5.41) is 15.7. The summed E-state index contributed by atoms with van der Waals surface area (Å²) in [7, 11) is 0. The summed E-state index contributed by atoms with van der Waals surface area (Å²) < 4.78 is 5.26. The molecule has 114 valence electrons. The van der Waals surface area contributed by atoms with E-state index >= 15 is 0 Å². The van der Waals surface area contributed by atoms with E-state index in [2.05, 4.69) is 15.1 Å². The Bertz CT molecular complexity index is 550. The third-order valence-corrected chi connectivity index (χ3v) is 3.95. The van der Waals surface area contributed by atoms with E-state index in [4.69, 9.17) is 9.84 Å². The number of aromatic nitrogens is 2. The van der Waals surface area contributed by atoms with Gasteiger partial charge in [-0.3, -0.25) is 14.8 Å². The summed E-state index contributed by atoms with van der Waals surface area (Å²) >= 11 is 0. The second kappa shape index (κ2) is 5.82. The van der Waals surface area contributed by atoms with E-state index in [9.17, 15) is 9.59 Å². The highest BCUT2D eigenvalue weighted by Gasteiger charge is 2.28. The van der Waals surface area contributed by atoms with Crippen LogP contribution in [0.25, 0.3) is 0 Å². The van der Waals surface area contributed by atoms with Crippen LogP contribution in [-0.2, 0) is 22.5 Å². The molecule has 1 aromatic rings. The summed E-state index contributed by atoms with van der Waals surface area (Å²) in [6, 6.07) is 0. The van der Waals surface area contributed by atoms with E-state index in [0.29, 0.717) is 44.8 Å². The van der Waals surface area contributed by atoms with E-state index < -0.39 is 5.97 Å². The maximum absolute atomic E-state index is 12.3. The predicted molar refractivity (Wildman–Crippen MR) is 71.9 cm³/mol. The first-order valence-electron chi connectivity index (χ1n) is 7.02. The minimum atomic E-state index is -1.06. The number of ether oxygens (including phenoxy) is 1. The first kappa shape index (κ1) is 14.0. The number of nitrogens with zero attached hydrogens (tertiary/aromatic N) is 3. The van der Waals surface area contributed by atoms with Crippen molar-refractivity contribution in [2.24, 2.45) is 0 Å². The molecular formula is C13H18N4O4. The molecule has 0 aromatic carbocycles. The van der Waals surface area contributed by atoms with Crippen LogP contribution in [0.15, 0.2) is 0 Å². The van der Waals surface area contributed by atoms with Gasteiger partial charge in [-0.2, -0.15) is 5.10 Å². The van der Waals surface area contributed by atoms with Gasteiger partial charge in [-0.1, -0.05) is 0 Å². The lowest BCUT2D eigenvalue weighted by atomic mass is 10.1. The predicted octanol–water partition coefficient (Wildman–Crippen LogP) is -0.675. The smallest absolute Gasteiger partial charge is 0.356 e. The fourth-order valence-corrected chi connectivity index (χ4v) is 2.74. The standard InChI is InChI=1S/C13H18N4O4/c18-11(8-16-3-5-21-6-4-16)17-2-1-10-9(7-17)12(13(19)20)15-14-10/h1-8H2,(H,14,15)(H,19,20). The van der Waals surface area contributed by atoms with Crippen molar-refractivity contribution in [2.45, 2.75) is 13.0 Å². The molecule has 3 heterocycles. The number of H-pyrrole nitrogens is 1. The van der Waals surface area contributed by atoms with Gasteiger partial charge in [0.25, 0.3) is 0 Å². The molecule has 1 amide bonds. The second-order valence-corrected chi connectivity index (χ2v) is 5.29. The van der Waals surface area contributed by atoms with Crippen LogP contribution in [0.5, 0.6) is 0 Å². The number of rotatable bonds is 3. The van der Waals surface area contributed by atoms with Crippen molar-refractivity contribution in [3.8, 4) is 0 Å². The van der Waals surface area contributed by atoms with Crippen LogP contribution in [0.2, 0.25) is 0 Å². The molecule has 0 spiro atoms. The topological polar surface area (TPSA) is 98.8 Å². The summed E-state index contributed by atoms with van der Waals surface area (Å²) in [5.74, 6) is -1.03. The number of fused-ring (bicyclic) bond motifs is 1. The van der Waals surface area contributed by atoms with Crippen LogP contribution in [0, 0.1) is 0 Å². The van der Waals surface area contributed by atoms with Gasteiger partial charge in [0.05, 0.1) is 19.8 Å². The molecule has 3 rings (SSSR count). The molecule has 0 bridgehead atoms. The van der Waals surface area contributed by atoms with Crippen molar-refractivity contribution in [3.63, 3.8) is 0 Å². The Morgan fingerprint density at radius 1 is 1.29 bits per heavy atom. The third kappa shape index (κ3) is 2.91. The van der Waals surface area contributed by atoms with E-state index in [0.717, 1.165) is 18.8 Å². The third-order valence-electron chi connectivity index (χ3n) is 3.95. The van der Waals surface area contributed by atoms with E-state index in [-0.39, 0.29) is 11.6 Å². The molecule has 2 aliphatic heterocycles. The van der Waals surface area contributed by atoms with Crippen molar-refractivity contribution >= 4 is 11.9 Å². The Balaban J connectivity index is 1.66. The minimum Gasteiger partial charge on any atom is -0.476 e. The Morgan fingerprint density at radius 3 is 2.76 bits per heavy atom. The van der Waals surface area contributed by atoms with Gasteiger partial charge in [-0.05, 0) is 0 Å². The summed E-state index contributed by atoms with van der Waals surface area (Å²) in [6.07, 6.45) is 0.616. The highest BCUT2D eigenvalue weighted by atomic mass is 16.5. The SMILES string of the molecule is O=C(O)c1n[nH]c2c1CN(C(=O)CN1CCOCC1)CC2. The number of hydrogen-bond donors (Lipinski definition) is 2. The molecule has 2 aliphatic rings. The molecule has 1 aromatic heterocycles. The number of carbonyl (C=O) groups excluding carboxylic acids is 1. The van der Waals surface area contributed by atoms with Crippen LogP contribution in [-0.4, -0.2) is 76.4 Å². The van der Waals surface area contributed by atoms with Gasteiger partial charge >= 0.3 is 5.97 Å². The van der Waals surface area contributed by atoms with Crippen LogP contribution < -0.4 is 0 Å². The number of carbonyl (C=O) groups is 2. The minimum absolute atomic E-state index is 0.0221. The molecule has 21 heavy (non-hydrogen) atoms. The number of nitrogens with one attached hydrogen (secondary N) is 1. The normalized spacial score (nSPS) is 19.3. The summed E-state index contributed by atoms with van der Waals surface area (Å²) in [4.78, 5) is 27.2. The summed E-state index contributed by atoms with van der Waals surface area (Å²) in [6.45, 7) is 4.10. The molecule has 1 saturated heterocycles. The van der Waals surface area contributed by atoms with Crippen molar-refractivity contribution < 1.29 is 19.4 Å². The Labute approximate surface area is 121 Å². The zero-order valence-electron chi connectivity index (χ0n) is 11.7. The van der Waals surface area contributed by atoms with Crippen molar-refractivity contribution in [1.29, 1.82) is 0 Å². The number of aromatic amines is 1. The monoisotopic (exact) mass is 294 g/mol. The lowest BCUT2D eigenvalue weighted by molar-refractivity contribution is -0.134. The van der Waals surface area contributed by atoms with E-state index in [1.165, 1.54) is 0 Å². The average Bonchev–Trinajstić information content (AvgIpc) is 2.91. The number of hydrogen-bond acceptors (Lipinski definition) is 5. The first-order chi connectivity index (χ1) is 10.1. The lowest BCUT2D eigenvalue weighted by Crippen LogP contribution is -2.46. The molecule has 0 saturated carbocycles. The van der Waals surface area contributed by atoms with Gasteiger partial charge in [0, 0.05) is 43.9 Å². The molecule has 2 N–H and O–H groups in total. The molecule has 8 heteroatoms. The van der Waals surface area contributed by atoms with E-state index in [1.807, 2.05) is 0 Å². The quantitative estimate of drug-likeness (QED) is 0.767. The van der Waals surface area contributed by atoms with Crippen molar-refractivity contribution in [3.05, 3.63) is 17.0 Å². The van der Waals surface area contributed by atoms with Crippen LogP contribution in [0.4, 0.5) is 0 Å². The maximum Gasteiger partial charge on any atom is 0.356 e. The van der Waals surface area contributed by atoms with Gasteiger partial charge in [0.15, 0.2) is 5.69 Å². The number of morpholine rings is 1. The van der Waals surface area contributed by atoms with Crippen LogP contribution in [0.1, 0.15) is 21.7 Å². The Kier molecular flexibility index (Phi) is 3.89. The number of amides is 1. The molecule has 0 aliphatic carbocycles. The maximum atomic E-state index is 12.3. The van der Waals surface area contributed by atoms with Gasteiger partial charge in [-0.25, -0.2) is 4.79 Å². The van der Waals surface area contributed by atoms with E-state index in [1.54, 1.807) is 4.90 Å². The molecular weight excluding hydrogens is 276 g/mol. The molecule has 8 nitrogen and oxygen atoms in total. The highest BCUT2D eigenvalue weighted by molar-refractivity contribution is 5.88. The fraction of sp³-hybridized carbons (Fsp3) is 0.615. The van der Waals surface area contributed by atoms with Crippen molar-refractivity contribution in [1.82, 2.24) is 20.0 Å².